The molecule has 1 aromatic heterocycles. The molecule has 2 N–H and O–H groups in total. The van der Waals surface area contributed by atoms with Gasteiger partial charge in [-0.05, 0) is 32.4 Å². The molecule has 96 valence electrons. The summed E-state index contributed by atoms with van der Waals surface area (Å²) in [6.45, 7) is 6.11. The van der Waals surface area contributed by atoms with E-state index < -0.39 is 0 Å². The number of aromatic nitrogens is 2. The molecular formula is C12H22N4O. The Kier molecular flexibility index (Phi) is 3.89. The van der Waals surface area contributed by atoms with Crippen molar-refractivity contribution in [1.29, 1.82) is 0 Å². The van der Waals surface area contributed by atoms with Crippen molar-refractivity contribution in [2.24, 2.45) is 7.05 Å². The van der Waals surface area contributed by atoms with E-state index in [0.717, 1.165) is 18.7 Å². The van der Waals surface area contributed by atoms with Crippen molar-refractivity contribution in [3.8, 4) is 5.88 Å². The Bertz CT molecular complexity index is 369. The highest BCUT2D eigenvalue weighted by Crippen LogP contribution is 2.24. The highest BCUT2D eigenvalue weighted by Gasteiger charge is 2.15. The average molecular weight is 238 g/mol. The molecule has 1 saturated heterocycles. The van der Waals surface area contributed by atoms with Gasteiger partial charge < -0.3 is 10.5 Å². The third-order valence-corrected chi connectivity index (χ3v) is 3.29. The first-order valence-corrected chi connectivity index (χ1v) is 6.39. The van der Waals surface area contributed by atoms with Gasteiger partial charge in [0.15, 0.2) is 0 Å². The lowest BCUT2D eigenvalue weighted by Gasteiger charge is -2.15. The molecule has 0 spiro atoms. The van der Waals surface area contributed by atoms with E-state index in [2.05, 4.69) is 10.00 Å². The van der Waals surface area contributed by atoms with Gasteiger partial charge in [0, 0.05) is 13.6 Å². The number of hydrogen-bond donors (Lipinski definition) is 1. The van der Waals surface area contributed by atoms with Crippen LogP contribution in [0, 0.1) is 0 Å². The smallest absolute Gasteiger partial charge is 0.235 e. The van der Waals surface area contributed by atoms with Crippen molar-refractivity contribution in [3.05, 3.63) is 5.69 Å². The number of hydrogen-bond acceptors (Lipinski definition) is 4. The zero-order valence-electron chi connectivity index (χ0n) is 10.8. The summed E-state index contributed by atoms with van der Waals surface area (Å²) in [5, 5.41) is 4.33. The average Bonchev–Trinajstić information content (AvgIpc) is 2.91. The van der Waals surface area contributed by atoms with Crippen LogP contribution in [0.25, 0.3) is 0 Å². The molecule has 0 radical (unpaired) electrons. The zero-order chi connectivity index (χ0) is 12.3. The highest BCUT2D eigenvalue weighted by molar-refractivity contribution is 5.53. The van der Waals surface area contributed by atoms with Crippen LogP contribution in [0.3, 0.4) is 0 Å². The van der Waals surface area contributed by atoms with Crippen molar-refractivity contribution < 1.29 is 4.74 Å². The molecule has 0 amide bonds. The summed E-state index contributed by atoms with van der Waals surface area (Å²) in [7, 11) is 1.88. The summed E-state index contributed by atoms with van der Waals surface area (Å²) in [4.78, 5) is 2.42. The van der Waals surface area contributed by atoms with E-state index in [-0.39, 0.29) is 0 Å². The van der Waals surface area contributed by atoms with Crippen molar-refractivity contribution in [2.75, 3.05) is 32.0 Å². The Balaban J connectivity index is 1.87. The number of rotatable bonds is 5. The first kappa shape index (κ1) is 12.2. The molecule has 1 aliphatic rings. The van der Waals surface area contributed by atoms with Crippen LogP contribution in [0.5, 0.6) is 5.88 Å². The summed E-state index contributed by atoms with van der Waals surface area (Å²) in [5.74, 6) is 0.709. The van der Waals surface area contributed by atoms with Crippen LogP contribution >= 0.6 is 0 Å². The molecular weight excluding hydrogens is 216 g/mol. The predicted octanol–water partition coefficient (Wildman–Crippen LogP) is 1.04. The molecule has 2 heterocycles. The molecule has 0 atom stereocenters. The molecule has 0 unspecified atom stereocenters. The standard InChI is InChI=1S/C12H22N4O/c1-3-10-11(13)12(15(2)14-10)17-9-8-16-6-4-5-7-16/h3-9,13H2,1-2H3. The maximum atomic E-state index is 5.99. The van der Waals surface area contributed by atoms with E-state index in [9.17, 15) is 0 Å². The van der Waals surface area contributed by atoms with Crippen LogP contribution in [-0.4, -0.2) is 40.9 Å². The Morgan fingerprint density at radius 3 is 2.65 bits per heavy atom. The third-order valence-electron chi connectivity index (χ3n) is 3.29. The van der Waals surface area contributed by atoms with Gasteiger partial charge in [-0.15, -0.1) is 0 Å². The molecule has 1 aromatic rings. The van der Waals surface area contributed by atoms with Gasteiger partial charge in [0.05, 0.1) is 5.69 Å². The van der Waals surface area contributed by atoms with E-state index in [0.29, 0.717) is 18.2 Å². The fraction of sp³-hybridized carbons (Fsp3) is 0.750. The largest absolute Gasteiger partial charge is 0.475 e. The molecule has 0 bridgehead atoms. The fourth-order valence-corrected chi connectivity index (χ4v) is 2.29. The van der Waals surface area contributed by atoms with Crippen LogP contribution in [0.15, 0.2) is 0 Å². The van der Waals surface area contributed by atoms with E-state index in [1.54, 1.807) is 4.68 Å². The van der Waals surface area contributed by atoms with Gasteiger partial charge in [0.2, 0.25) is 5.88 Å². The molecule has 5 heteroatoms. The number of likely N-dealkylation sites (tertiary alicyclic amines) is 1. The molecule has 0 saturated carbocycles. The molecule has 0 aromatic carbocycles. The minimum atomic E-state index is 0.687. The minimum Gasteiger partial charge on any atom is -0.475 e. The Morgan fingerprint density at radius 1 is 1.35 bits per heavy atom. The molecule has 1 aliphatic heterocycles. The molecule has 0 aliphatic carbocycles. The summed E-state index contributed by atoms with van der Waals surface area (Å²) in [5.41, 5.74) is 7.60. The summed E-state index contributed by atoms with van der Waals surface area (Å²) >= 11 is 0. The lowest BCUT2D eigenvalue weighted by molar-refractivity contribution is 0.226. The van der Waals surface area contributed by atoms with E-state index in [1.165, 1.54) is 25.9 Å². The second-order valence-corrected chi connectivity index (χ2v) is 4.54. The van der Waals surface area contributed by atoms with E-state index in [1.807, 2.05) is 14.0 Å². The van der Waals surface area contributed by atoms with E-state index >= 15 is 0 Å². The van der Waals surface area contributed by atoms with Gasteiger partial charge in [0.25, 0.3) is 0 Å². The normalized spacial score (nSPS) is 16.6. The Labute approximate surface area is 103 Å². The van der Waals surface area contributed by atoms with Crippen LogP contribution in [0.1, 0.15) is 25.5 Å². The van der Waals surface area contributed by atoms with Crippen LogP contribution in [-0.2, 0) is 13.5 Å². The first-order chi connectivity index (χ1) is 8.22. The van der Waals surface area contributed by atoms with Gasteiger partial charge in [-0.3, -0.25) is 4.90 Å². The molecule has 1 fully saturated rings. The monoisotopic (exact) mass is 238 g/mol. The second kappa shape index (κ2) is 5.40. The van der Waals surface area contributed by atoms with Gasteiger partial charge in [-0.25, -0.2) is 4.68 Å². The Hall–Kier alpha value is -1.23. The van der Waals surface area contributed by atoms with Gasteiger partial charge >= 0.3 is 0 Å². The third kappa shape index (κ3) is 2.72. The van der Waals surface area contributed by atoms with E-state index in [4.69, 9.17) is 10.5 Å². The Morgan fingerprint density at radius 2 is 2.06 bits per heavy atom. The number of aryl methyl sites for hydroxylation is 2. The summed E-state index contributed by atoms with van der Waals surface area (Å²) in [6.07, 6.45) is 3.47. The van der Waals surface area contributed by atoms with Gasteiger partial charge in [-0.2, -0.15) is 5.10 Å². The van der Waals surface area contributed by atoms with Crippen LogP contribution in [0.2, 0.25) is 0 Å². The van der Waals surface area contributed by atoms with Crippen LogP contribution in [0.4, 0.5) is 5.69 Å². The molecule has 2 rings (SSSR count). The number of ether oxygens (including phenoxy) is 1. The van der Waals surface area contributed by atoms with Gasteiger partial charge in [-0.1, -0.05) is 6.92 Å². The van der Waals surface area contributed by atoms with Gasteiger partial charge in [0.1, 0.15) is 12.3 Å². The summed E-state index contributed by atoms with van der Waals surface area (Å²) in [6, 6.07) is 0. The minimum absolute atomic E-state index is 0.687. The lowest BCUT2D eigenvalue weighted by atomic mass is 10.3. The number of nitrogens with zero attached hydrogens (tertiary/aromatic N) is 3. The topological polar surface area (TPSA) is 56.3 Å². The van der Waals surface area contributed by atoms with Crippen LogP contribution < -0.4 is 10.5 Å². The zero-order valence-corrected chi connectivity index (χ0v) is 10.8. The summed E-state index contributed by atoms with van der Waals surface area (Å²) < 4.78 is 7.48. The number of anilines is 1. The van der Waals surface area contributed by atoms with Crippen molar-refractivity contribution in [3.63, 3.8) is 0 Å². The maximum absolute atomic E-state index is 5.99. The predicted molar refractivity (Wildman–Crippen MR) is 68.2 cm³/mol. The fourth-order valence-electron chi connectivity index (χ4n) is 2.29. The second-order valence-electron chi connectivity index (χ2n) is 4.54. The molecule has 5 nitrogen and oxygen atoms in total. The number of nitrogens with two attached hydrogens (primary N) is 1. The first-order valence-electron chi connectivity index (χ1n) is 6.39. The van der Waals surface area contributed by atoms with Crippen molar-refractivity contribution in [1.82, 2.24) is 14.7 Å². The van der Waals surface area contributed by atoms with Crippen molar-refractivity contribution in [2.45, 2.75) is 26.2 Å². The quantitative estimate of drug-likeness (QED) is 0.832. The number of nitrogen functional groups attached to an aromatic ring is 1. The highest BCUT2D eigenvalue weighted by atomic mass is 16.5. The SMILES string of the molecule is CCc1nn(C)c(OCCN2CCCC2)c1N. The maximum Gasteiger partial charge on any atom is 0.235 e. The lowest BCUT2D eigenvalue weighted by Crippen LogP contribution is -2.25. The van der Waals surface area contributed by atoms with Crippen molar-refractivity contribution >= 4 is 5.69 Å². The molecule has 17 heavy (non-hydrogen) atoms.